The van der Waals surface area contributed by atoms with Gasteiger partial charge in [-0.05, 0) is 50.0 Å². The van der Waals surface area contributed by atoms with Gasteiger partial charge in [0.05, 0.1) is 0 Å². The fourth-order valence-electron chi connectivity index (χ4n) is 1.37. The van der Waals surface area contributed by atoms with Crippen LogP contribution in [-0.4, -0.2) is 13.1 Å². The molecule has 3 heteroatoms. The van der Waals surface area contributed by atoms with Crippen molar-refractivity contribution in [2.45, 2.75) is 26.3 Å². The molecule has 3 N–H and O–H groups in total. The van der Waals surface area contributed by atoms with Crippen molar-refractivity contribution in [3.05, 3.63) is 35.1 Å². The highest BCUT2D eigenvalue weighted by atomic mass is 19.1. The molecule has 0 saturated carbocycles. The third-order valence-electron chi connectivity index (χ3n) is 2.37. The summed E-state index contributed by atoms with van der Waals surface area (Å²) in [5, 5.41) is 3.26. The third-order valence-corrected chi connectivity index (χ3v) is 2.37. The van der Waals surface area contributed by atoms with Gasteiger partial charge >= 0.3 is 0 Å². The molecule has 0 bridgehead atoms. The lowest BCUT2D eigenvalue weighted by molar-refractivity contribution is 0.604. The van der Waals surface area contributed by atoms with Gasteiger partial charge in [0, 0.05) is 6.54 Å². The smallest absolute Gasteiger partial charge is 0.126 e. The topological polar surface area (TPSA) is 38.0 Å². The second kappa shape index (κ2) is 6.53. The molecule has 2 nitrogen and oxygen atoms in total. The molecule has 0 spiro atoms. The quantitative estimate of drug-likeness (QED) is 0.704. The number of aryl methyl sites for hydroxylation is 1. The van der Waals surface area contributed by atoms with E-state index >= 15 is 0 Å². The van der Waals surface area contributed by atoms with Gasteiger partial charge in [-0.3, -0.25) is 0 Å². The third kappa shape index (κ3) is 4.40. The summed E-state index contributed by atoms with van der Waals surface area (Å²) in [6.07, 6.45) is 2.11. The minimum atomic E-state index is -0.128. The normalized spacial score (nSPS) is 10.6. The van der Waals surface area contributed by atoms with Crippen LogP contribution in [0.4, 0.5) is 4.39 Å². The zero-order valence-corrected chi connectivity index (χ0v) is 9.22. The number of nitrogens with one attached hydrogen (secondary N) is 1. The maximum absolute atomic E-state index is 13.2. The molecule has 0 fully saturated rings. The molecule has 0 atom stereocenters. The summed E-state index contributed by atoms with van der Waals surface area (Å²) >= 11 is 0. The standard InChI is InChI=1S/C12H19FN2/c1-10-4-5-11(8-12(10)13)9-15-7-3-2-6-14/h4-5,8,15H,2-3,6-7,9,14H2,1H3. The van der Waals surface area contributed by atoms with Gasteiger partial charge in [-0.1, -0.05) is 12.1 Å². The molecule has 0 aliphatic rings. The van der Waals surface area contributed by atoms with Crippen molar-refractivity contribution in [1.82, 2.24) is 5.32 Å². The highest BCUT2D eigenvalue weighted by Gasteiger charge is 1.98. The minimum Gasteiger partial charge on any atom is -0.330 e. The summed E-state index contributed by atoms with van der Waals surface area (Å²) in [5.41, 5.74) is 7.07. The van der Waals surface area contributed by atoms with Crippen LogP contribution in [0.25, 0.3) is 0 Å². The maximum atomic E-state index is 13.2. The van der Waals surface area contributed by atoms with Crippen LogP contribution in [0.2, 0.25) is 0 Å². The van der Waals surface area contributed by atoms with Crippen LogP contribution in [0.5, 0.6) is 0 Å². The summed E-state index contributed by atoms with van der Waals surface area (Å²) in [4.78, 5) is 0. The van der Waals surface area contributed by atoms with Crippen molar-refractivity contribution in [2.75, 3.05) is 13.1 Å². The maximum Gasteiger partial charge on any atom is 0.126 e. The molecule has 0 amide bonds. The molecule has 0 unspecified atom stereocenters. The predicted octanol–water partition coefficient (Wildman–Crippen LogP) is 1.96. The first-order valence-electron chi connectivity index (χ1n) is 5.40. The Morgan fingerprint density at radius 3 is 2.80 bits per heavy atom. The fourth-order valence-corrected chi connectivity index (χ4v) is 1.37. The van der Waals surface area contributed by atoms with E-state index in [0.29, 0.717) is 5.56 Å². The number of halogens is 1. The molecule has 1 rings (SSSR count). The average molecular weight is 210 g/mol. The minimum absolute atomic E-state index is 0.128. The van der Waals surface area contributed by atoms with Gasteiger partial charge in [0.2, 0.25) is 0 Å². The summed E-state index contributed by atoms with van der Waals surface area (Å²) in [6, 6.07) is 5.35. The van der Waals surface area contributed by atoms with Crippen molar-refractivity contribution in [3.63, 3.8) is 0 Å². The number of rotatable bonds is 6. The Balaban J connectivity index is 2.28. The average Bonchev–Trinajstić information content (AvgIpc) is 2.23. The van der Waals surface area contributed by atoms with Crippen molar-refractivity contribution in [1.29, 1.82) is 0 Å². The first-order valence-corrected chi connectivity index (χ1v) is 5.40. The molecule has 0 aromatic heterocycles. The predicted molar refractivity (Wildman–Crippen MR) is 61.1 cm³/mol. The monoisotopic (exact) mass is 210 g/mol. The van der Waals surface area contributed by atoms with E-state index in [1.54, 1.807) is 13.0 Å². The van der Waals surface area contributed by atoms with Gasteiger partial charge in [-0.15, -0.1) is 0 Å². The SMILES string of the molecule is Cc1ccc(CNCCCCN)cc1F. The van der Waals surface area contributed by atoms with Gasteiger partial charge in [-0.2, -0.15) is 0 Å². The highest BCUT2D eigenvalue weighted by molar-refractivity contribution is 5.23. The molecule has 0 saturated heterocycles. The summed E-state index contributed by atoms with van der Waals surface area (Å²) in [7, 11) is 0. The number of benzene rings is 1. The summed E-state index contributed by atoms with van der Waals surface area (Å²) < 4.78 is 13.2. The van der Waals surface area contributed by atoms with Gasteiger partial charge in [0.1, 0.15) is 5.82 Å². The van der Waals surface area contributed by atoms with E-state index in [-0.39, 0.29) is 5.82 Å². The van der Waals surface area contributed by atoms with Gasteiger partial charge in [0.15, 0.2) is 0 Å². The summed E-state index contributed by atoms with van der Waals surface area (Å²) in [5.74, 6) is -0.128. The Morgan fingerprint density at radius 2 is 2.13 bits per heavy atom. The van der Waals surface area contributed by atoms with E-state index in [1.807, 2.05) is 12.1 Å². The van der Waals surface area contributed by atoms with Crippen LogP contribution < -0.4 is 11.1 Å². The van der Waals surface area contributed by atoms with Crippen molar-refractivity contribution in [2.24, 2.45) is 5.73 Å². The van der Waals surface area contributed by atoms with E-state index < -0.39 is 0 Å². The Labute approximate surface area is 90.7 Å². The Bertz CT molecular complexity index is 300. The van der Waals surface area contributed by atoms with E-state index in [0.717, 1.165) is 38.0 Å². The van der Waals surface area contributed by atoms with Crippen molar-refractivity contribution in [3.8, 4) is 0 Å². The first kappa shape index (κ1) is 12.1. The number of unbranched alkanes of at least 4 members (excludes halogenated alkanes) is 1. The van der Waals surface area contributed by atoms with E-state index in [9.17, 15) is 4.39 Å². The molecule has 0 radical (unpaired) electrons. The van der Waals surface area contributed by atoms with Crippen LogP contribution in [0, 0.1) is 12.7 Å². The van der Waals surface area contributed by atoms with Crippen molar-refractivity contribution >= 4 is 0 Å². The van der Waals surface area contributed by atoms with E-state index in [1.165, 1.54) is 0 Å². The van der Waals surface area contributed by atoms with Crippen LogP contribution in [0.1, 0.15) is 24.0 Å². The van der Waals surface area contributed by atoms with Crippen LogP contribution >= 0.6 is 0 Å². The van der Waals surface area contributed by atoms with Crippen LogP contribution in [0.15, 0.2) is 18.2 Å². The zero-order valence-electron chi connectivity index (χ0n) is 9.22. The zero-order chi connectivity index (χ0) is 11.1. The van der Waals surface area contributed by atoms with Gasteiger partial charge in [-0.25, -0.2) is 4.39 Å². The van der Waals surface area contributed by atoms with Gasteiger partial charge < -0.3 is 11.1 Å². The lowest BCUT2D eigenvalue weighted by Gasteiger charge is -2.05. The molecular weight excluding hydrogens is 191 g/mol. The lowest BCUT2D eigenvalue weighted by atomic mass is 10.1. The first-order chi connectivity index (χ1) is 7.24. The molecule has 15 heavy (non-hydrogen) atoms. The number of nitrogens with two attached hydrogens (primary N) is 1. The number of hydrogen-bond acceptors (Lipinski definition) is 2. The van der Waals surface area contributed by atoms with E-state index in [2.05, 4.69) is 5.32 Å². The Hall–Kier alpha value is -0.930. The van der Waals surface area contributed by atoms with Crippen LogP contribution in [0.3, 0.4) is 0 Å². The molecular formula is C12H19FN2. The largest absolute Gasteiger partial charge is 0.330 e. The number of hydrogen-bond donors (Lipinski definition) is 2. The van der Waals surface area contributed by atoms with Crippen LogP contribution in [-0.2, 0) is 6.54 Å². The summed E-state index contributed by atoms with van der Waals surface area (Å²) in [6.45, 7) is 4.17. The molecule has 0 aliphatic heterocycles. The molecule has 0 heterocycles. The molecule has 0 aliphatic carbocycles. The molecule has 84 valence electrons. The lowest BCUT2D eigenvalue weighted by Crippen LogP contribution is -2.15. The fraction of sp³-hybridized carbons (Fsp3) is 0.500. The molecule has 1 aromatic carbocycles. The second-order valence-electron chi connectivity index (χ2n) is 3.76. The molecule has 1 aromatic rings. The van der Waals surface area contributed by atoms with E-state index in [4.69, 9.17) is 5.73 Å². The highest BCUT2D eigenvalue weighted by Crippen LogP contribution is 2.08. The Kier molecular flexibility index (Phi) is 5.29. The second-order valence-corrected chi connectivity index (χ2v) is 3.76. The van der Waals surface area contributed by atoms with Crippen molar-refractivity contribution < 1.29 is 4.39 Å². The van der Waals surface area contributed by atoms with Gasteiger partial charge in [0.25, 0.3) is 0 Å². The Morgan fingerprint density at radius 1 is 1.33 bits per heavy atom.